The highest BCUT2D eigenvalue weighted by Crippen LogP contribution is 2.22. The number of halogens is 2. The summed E-state index contributed by atoms with van der Waals surface area (Å²) < 4.78 is 15.6. The van der Waals surface area contributed by atoms with Crippen LogP contribution in [0.2, 0.25) is 0 Å². The van der Waals surface area contributed by atoms with Crippen LogP contribution >= 0.6 is 15.9 Å². The molecule has 1 heterocycles. The smallest absolute Gasteiger partial charge is 0.124 e. The number of nitrogens with one attached hydrogen (secondary N) is 1. The Morgan fingerprint density at radius 3 is 3.00 bits per heavy atom. The SMILES string of the molecule is Fc1ccc(-n2cnc(CNC3CC3)c2)c(Br)c1. The second-order valence-corrected chi connectivity index (χ2v) is 5.38. The lowest BCUT2D eigenvalue weighted by atomic mass is 10.3. The van der Waals surface area contributed by atoms with E-state index in [1.807, 2.05) is 10.8 Å². The van der Waals surface area contributed by atoms with Gasteiger partial charge in [0.2, 0.25) is 0 Å². The highest BCUT2D eigenvalue weighted by atomic mass is 79.9. The Kier molecular flexibility index (Phi) is 3.18. The summed E-state index contributed by atoms with van der Waals surface area (Å²) in [6.45, 7) is 0.788. The van der Waals surface area contributed by atoms with Crippen LogP contribution in [-0.2, 0) is 6.54 Å². The van der Waals surface area contributed by atoms with Gasteiger partial charge in [-0.1, -0.05) is 0 Å². The maximum atomic E-state index is 13.0. The molecule has 0 spiro atoms. The van der Waals surface area contributed by atoms with E-state index in [0.717, 1.165) is 22.4 Å². The third kappa shape index (κ3) is 2.62. The molecule has 18 heavy (non-hydrogen) atoms. The second-order valence-electron chi connectivity index (χ2n) is 4.52. The number of rotatable bonds is 4. The Labute approximate surface area is 113 Å². The number of benzene rings is 1. The van der Waals surface area contributed by atoms with Gasteiger partial charge in [0.1, 0.15) is 5.82 Å². The van der Waals surface area contributed by atoms with Crippen LogP contribution in [0.25, 0.3) is 5.69 Å². The Balaban J connectivity index is 1.78. The monoisotopic (exact) mass is 309 g/mol. The summed E-state index contributed by atoms with van der Waals surface area (Å²) in [5.41, 5.74) is 1.89. The van der Waals surface area contributed by atoms with Crippen molar-refractivity contribution in [3.63, 3.8) is 0 Å². The van der Waals surface area contributed by atoms with Gasteiger partial charge in [0.05, 0.1) is 17.7 Å². The van der Waals surface area contributed by atoms with Crippen molar-refractivity contribution >= 4 is 15.9 Å². The predicted octanol–water partition coefficient (Wildman–Crippen LogP) is 3.03. The van der Waals surface area contributed by atoms with Crippen molar-refractivity contribution in [2.45, 2.75) is 25.4 Å². The van der Waals surface area contributed by atoms with Crippen molar-refractivity contribution in [1.29, 1.82) is 0 Å². The van der Waals surface area contributed by atoms with Crippen molar-refractivity contribution in [2.75, 3.05) is 0 Å². The van der Waals surface area contributed by atoms with Crippen LogP contribution in [0, 0.1) is 5.82 Å². The summed E-state index contributed by atoms with van der Waals surface area (Å²) in [7, 11) is 0. The summed E-state index contributed by atoms with van der Waals surface area (Å²) in [5.74, 6) is -0.249. The Morgan fingerprint density at radius 1 is 1.44 bits per heavy atom. The molecule has 0 radical (unpaired) electrons. The van der Waals surface area contributed by atoms with E-state index in [9.17, 15) is 4.39 Å². The van der Waals surface area contributed by atoms with Gasteiger partial charge in [-0.05, 0) is 47.0 Å². The first-order valence-corrected chi connectivity index (χ1v) is 6.73. The van der Waals surface area contributed by atoms with E-state index >= 15 is 0 Å². The van der Waals surface area contributed by atoms with Crippen molar-refractivity contribution in [3.05, 3.63) is 46.7 Å². The van der Waals surface area contributed by atoms with Gasteiger partial charge in [-0.3, -0.25) is 0 Å². The summed E-state index contributed by atoms with van der Waals surface area (Å²) in [5, 5.41) is 3.41. The van der Waals surface area contributed by atoms with E-state index in [1.165, 1.54) is 25.0 Å². The molecule has 1 fully saturated rings. The minimum absolute atomic E-state index is 0.249. The quantitative estimate of drug-likeness (QED) is 0.941. The lowest BCUT2D eigenvalue weighted by molar-refractivity contribution is 0.626. The van der Waals surface area contributed by atoms with E-state index in [1.54, 1.807) is 12.4 Å². The number of hydrogen-bond acceptors (Lipinski definition) is 2. The summed E-state index contributed by atoms with van der Waals surface area (Å²) >= 11 is 3.36. The molecule has 0 aliphatic heterocycles. The normalized spacial score (nSPS) is 15.0. The Hall–Kier alpha value is -1.20. The molecule has 5 heteroatoms. The fourth-order valence-electron chi connectivity index (χ4n) is 1.81. The number of nitrogens with zero attached hydrogens (tertiary/aromatic N) is 2. The van der Waals surface area contributed by atoms with Gasteiger partial charge in [0.25, 0.3) is 0 Å². The van der Waals surface area contributed by atoms with Gasteiger partial charge in [-0.15, -0.1) is 0 Å². The van der Waals surface area contributed by atoms with Crippen molar-refractivity contribution < 1.29 is 4.39 Å². The molecule has 3 rings (SSSR count). The number of hydrogen-bond donors (Lipinski definition) is 1. The van der Waals surface area contributed by atoms with Gasteiger partial charge < -0.3 is 9.88 Å². The molecule has 3 nitrogen and oxygen atoms in total. The highest BCUT2D eigenvalue weighted by Gasteiger charge is 2.20. The average Bonchev–Trinajstić information content (AvgIpc) is 3.05. The van der Waals surface area contributed by atoms with Gasteiger partial charge in [0, 0.05) is 23.3 Å². The first-order valence-electron chi connectivity index (χ1n) is 5.94. The minimum atomic E-state index is -0.249. The zero-order valence-corrected chi connectivity index (χ0v) is 11.3. The molecular formula is C13H13BrFN3. The van der Waals surface area contributed by atoms with Crippen LogP contribution in [0.1, 0.15) is 18.5 Å². The summed E-state index contributed by atoms with van der Waals surface area (Å²) in [4.78, 5) is 4.34. The van der Waals surface area contributed by atoms with Crippen LogP contribution < -0.4 is 5.32 Å². The molecule has 1 aliphatic carbocycles. The van der Waals surface area contributed by atoms with Crippen molar-refractivity contribution in [3.8, 4) is 5.69 Å². The molecule has 0 unspecified atom stereocenters. The topological polar surface area (TPSA) is 29.9 Å². The maximum absolute atomic E-state index is 13.0. The largest absolute Gasteiger partial charge is 0.308 e. The molecule has 0 bridgehead atoms. The van der Waals surface area contributed by atoms with Crippen LogP contribution in [-0.4, -0.2) is 15.6 Å². The van der Waals surface area contributed by atoms with Crippen LogP contribution in [0.4, 0.5) is 4.39 Å². The van der Waals surface area contributed by atoms with E-state index < -0.39 is 0 Å². The second kappa shape index (κ2) is 4.82. The Bertz CT molecular complexity index is 563. The van der Waals surface area contributed by atoms with Gasteiger partial charge in [-0.25, -0.2) is 9.37 Å². The number of aromatic nitrogens is 2. The molecule has 0 saturated heterocycles. The Morgan fingerprint density at radius 2 is 2.28 bits per heavy atom. The highest BCUT2D eigenvalue weighted by molar-refractivity contribution is 9.10. The lowest BCUT2D eigenvalue weighted by Crippen LogP contribution is -2.15. The molecule has 1 aromatic heterocycles. The van der Waals surface area contributed by atoms with Crippen molar-refractivity contribution in [1.82, 2.24) is 14.9 Å². The fraction of sp³-hybridized carbons (Fsp3) is 0.308. The van der Waals surface area contributed by atoms with Crippen LogP contribution in [0.15, 0.2) is 35.2 Å². The summed E-state index contributed by atoms with van der Waals surface area (Å²) in [6, 6.07) is 5.31. The third-order valence-corrected chi connectivity index (χ3v) is 3.61. The number of imidazole rings is 1. The van der Waals surface area contributed by atoms with Gasteiger partial charge in [-0.2, -0.15) is 0 Å². The van der Waals surface area contributed by atoms with E-state index in [4.69, 9.17) is 0 Å². The van der Waals surface area contributed by atoms with Crippen molar-refractivity contribution in [2.24, 2.45) is 0 Å². The zero-order chi connectivity index (χ0) is 12.5. The fourth-order valence-corrected chi connectivity index (χ4v) is 2.37. The molecule has 1 saturated carbocycles. The first kappa shape index (κ1) is 11.9. The predicted molar refractivity (Wildman–Crippen MR) is 71.1 cm³/mol. The molecule has 2 aromatic rings. The van der Waals surface area contributed by atoms with E-state index in [0.29, 0.717) is 6.04 Å². The third-order valence-electron chi connectivity index (χ3n) is 2.97. The molecule has 1 aliphatic rings. The van der Waals surface area contributed by atoms with Gasteiger partial charge in [0.15, 0.2) is 0 Å². The molecule has 0 atom stereocenters. The lowest BCUT2D eigenvalue weighted by Gasteiger charge is -2.04. The molecule has 1 aromatic carbocycles. The van der Waals surface area contributed by atoms with E-state index in [2.05, 4.69) is 26.2 Å². The molecule has 94 valence electrons. The molecular weight excluding hydrogens is 297 g/mol. The molecule has 1 N–H and O–H groups in total. The van der Waals surface area contributed by atoms with Gasteiger partial charge >= 0.3 is 0 Å². The van der Waals surface area contributed by atoms with E-state index in [-0.39, 0.29) is 5.82 Å². The average molecular weight is 310 g/mol. The summed E-state index contributed by atoms with van der Waals surface area (Å²) in [6.07, 6.45) is 6.25. The first-order chi connectivity index (χ1) is 8.72. The minimum Gasteiger partial charge on any atom is -0.308 e. The molecule has 0 amide bonds. The van der Waals surface area contributed by atoms with Crippen LogP contribution in [0.5, 0.6) is 0 Å². The maximum Gasteiger partial charge on any atom is 0.124 e. The zero-order valence-electron chi connectivity index (χ0n) is 9.74. The standard InChI is InChI=1S/C13H13BrFN3/c14-12-5-9(15)1-4-13(12)18-7-11(17-8-18)6-16-10-2-3-10/h1,4-5,7-8,10,16H,2-3,6H2. The van der Waals surface area contributed by atoms with Crippen LogP contribution in [0.3, 0.4) is 0 Å².